The number of anilines is 4. The van der Waals surface area contributed by atoms with E-state index in [1.807, 2.05) is 30.3 Å². The van der Waals surface area contributed by atoms with Crippen molar-refractivity contribution in [3.63, 3.8) is 0 Å². The monoisotopic (exact) mass is 821 g/mol. The van der Waals surface area contributed by atoms with Gasteiger partial charge in [0.2, 0.25) is 17.6 Å². The molecule has 3 aliphatic heterocycles. The first-order valence-corrected chi connectivity index (χ1v) is 18.4. The number of phenolic OH excluding ortho intramolecular Hbond substituents is 1. The molecule has 57 heavy (non-hydrogen) atoms. The quantitative estimate of drug-likeness (QED) is 0.0525. The zero-order valence-electron chi connectivity index (χ0n) is 29.0. The third kappa shape index (κ3) is 5.12. The molecule has 290 valence electrons. The van der Waals surface area contributed by atoms with Gasteiger partial charge < -0.3 is 15.2 Å². The van der Waals surface area contributed by atoms with Gasteiger partial charge in [-0.15, -0.1) is 23.2 Å². The summed E-state index contributed by atoms with van der Waals surface area (Å²) in [5, 5.41) is 13.5. The second-order valence-electron chi connectivity index (χ2n) is 14.5. The molecule has 6 unspecified atom stereocenters. The molecule has 2 N–H and O–H groups in total. The number of hydrogen-bond donors (Lipinski definition) is 2. The summed E-state index contributed by atoms with van der Waals surface area (Å²) in [6, 6.07) is 20.0. The summed E-state index contributed by atoms with van der Waals surface area (Å²) in [5.41, 5.74) is 0.730. The van der Waals surface area contributed by atoms with E-state index in [4.69, 9.17) is 27.9 Å². The lowest BCUT2D eigenvalue weighted by atomic mass is 9.56. The number of nitrogens with zero attached hydrogens (tertiary/aromatic N) is 2. The van der Waals surface area contributed by atoms with Crippen LogP contribution in [-0.4, -0.2) is 38.5 Å². The maximum Gasteiger partial charge on any atom is 0.258 e. The van der Waals surface area contributed by atoms with Crippen molar-refractivity contribution < 1.29 is 51.0 Å². The number of amides is 4. The van der Waals surface area contributed by atoms with Crippen molar-refractivity contribution >= 4 is 69.6 Å². The second-order valence-corrected chi connectivity index (χ2v) is 15.8. The molecule has 9 nitrogen and oxygen atoms in total. The van der Waals surface area contributed by atoms with Crippen LogP contribution in [0.3, 0.4) is 0 Å². The van der Waals surface area contributed by atoms with Crippen LogP contribution in [0.4, 0.5) is 44.7 Å². The van der Waals surface area contributed by atoms with Crippen LogP contribution >= 0.6 is 23.2 Å². The molecular weight excluding hydrogens is 796 g/mol. The molecule has 2 saturated heterocycles. The molecule has 4 aromatic carbocycles. The molecule has 9 rings (SSSR count). The fraction of sp³-hybridized carbons (Fsp3) is 0.220. The van der Waals surface area contributed by atoms with Crippen molar-refractivity contribution in [3.8, 4) is 11.5 Å². The first-order valence-electron chi connectivity index (χ1n) is 17.6. The van der Waals surface area contributed by atoms with Crippen molar-refractivity contribution in [1.82, 2.24) is 0 Å². The van der Waals surface area contributed by atoms with Gasteiger partial charge in [0.05, 0.1) is 23.8 Å². The first kappa shape index (κ1) is 36.9. The highest BCUT2D eigenvalue weighted by molar-refractivity contribution is 6.58. The molecular formula is C41H26Cl2F5N3O6. The number of nitrogens with one attached hydrogen (secondary N) is 1. The number of ether oxygens (including phenoxy) is 1. The van der Waals surface area contributed by atoms with Crippen molar-refractivity contribution in [3.05, 3.63) is 131 Å². The number of hydrogen-bond acceptors (Lipinski definition) is 7. The fourth-order valence-electron chi connectivity index (χ4n) is 9.01. The summed E-state index contributed by atoms with van der Waals surface area (Å²) >= 11 is 14.5. The van der Waals surface area contributed by atoms with Gasteiger partial charge in [-0.3, -0.25) is 24.1 Å². The number of phenols is 1. The van der Waals surface area contributed by atoms with Gasteiger partial charge in [-0.2, -0.15) is 0 Å². The van der Waals surface area contributed by atoms with E-state index in [0.29, 0.717) is 17.0 Å². The van der Waals surface area contributed by atoms with E-state index in [2.05, 4.69) is 5.32 Å². The van der Waals surface area contributed by atoms with Crippen molar-refractivity contribution in [2.75, 3.05) is 15.1 Å². The third-order valence-electron chi connectivity index (χ3n) is 11.6. The summed E-state index contributed by atoms with van der Waals surface area (Å²) in [6.07, 6.45) is 2.09. The van der Waals surface area contributed by atoms with E-state index in [9.17, 15) is 37.5 Å². The molecule has 2 aliphatic carbocycles. The smallest absolute Gasteiger partial charge is 0.258 e. The van der Waals surface area contributed by atoms with Gasteiger partial charge in [-0.25, -0.2) is 26.9 Å². The Kier molecular flexibility index (Phi) is 8.35. The largest absolute Gasteiger partial charge is 0.508 e. The fourth-order valence-corrected chi connectivity index (χ4v) is 9.96. The average Bonchev–Trinajstić information content (AvgIpc) is 3.54. The van der Waals surface area contributed by atoms with Crippen molar-refractivity contribution in [1.29, 1.82) is 0 Å². The van der Waals surface area contributed by atoms with E-state index in [1.165, 1.54) is 24.5 Å². The van der Waals surface area contributed by atoms with Gasteiger partial charge in [-0.05, 0) is 78.9 Å². The summed E-state index contributed by atoms with van der Waals surface area (Å²) in [6.45, 7) is 0. The van der Waals surface area contributed by atoms with Gasteiger partial charge >= 0.3 is 0 Å². The second kappa shape index (κ2) is 12.9. The van der Waals surface area contributed by atoms with Crippen LogP contribution in [0, 0.1) is 52.8 Å². The van der Waals surface area contributed by atoms with Gasteiger partial charge in [0.25, 0.3) is 11.8 Å². The van der Waals surface area contributed by atoms with Crippen molar-refractivity contribution in [2.24, 2.45) is 23.7 Å². The van der Waals surface area contributed by atoms with Crippen molar-refractivity contribution in [2.45, 2.75) is 29.0 Å². The molecule has 4 aromatic rings. The Balaban J connectivity index is 1.15. The summed E-state index contributed by atoms with van der Waals surface area (Å²) in [5.74, 6) is -21.2. The van der Waals surface area contributed by atoms with Gasteiger partial charge in [-0.1, -0.05) is 29.8 Å². The Bertz CT molecular complexity index is 2510. The predicted molar refractivity (Wildman–Crippen MR) is 196 cm³/mol. The lowest BCUT2D eigenvalue weighted by molar-refractivity contribution is -0.125. The summed E-state index contributed by atoms with van der Waals surface area (Å²) in [4.78, 5) is 53.1. The predicted octanol–water partition coefficient (Wildman–Crippen LogP) is 7.95. The minimum absolute atomic E-state index is 0.0288. The summed E-state index contributed by atoms with van der Waals surface area (Å²) in [7, 11) is 0. The number of alkyl halides is 2. The standard InChI is InChI=1S/C41H26Cl2F5N3O6/c42-40-16-26-24(11-12-25-28(26)37(54)50(36(25)53)22-8-6-21(7-9-22)49-20-4-2-1-3-5-20)29(19-14-18-15-23(52)10-13-27(18)57-17-19)41(40,43)39(56)51(38(40)55)35-33(47)31(45)30(44)32(46)34(35)48/h1-11,13,15,17,25-26,28-29,49,52H,12,14,16H2. The molecule has 0 spiro atoms. The minimum atomic E-state index is -2.70. The molecule has 0 bridgehead atoms. The molecule has 4 amide bonds. The number of carbonyl (C=O) groups excluding carboxylic acids is 4. The molecule has 3 heterocycles. The van der Waals surface area contributed by atoms with Gasteiger partial charge in [0.1, 0.15) is 17.2 Å². The van der Waals surface area contributed by atoms with E-state index in [0.717, 1.165) is 10.6 Å². The van der Waals surface area contributed by atoms with Gasteiger partial charge in [0.15, 0.2) is 33.0 Å². The van der Waals surface area contributed by atoms with Crippen LogP contribution in [-0.2, 0) is 25.6 Å². The zero-order chi connectivity index (χ0) is 40.3. The normalized spacial score (nSPS) is 27.6. The topological polar surface area (TPSA) is 116 Å². The average molecular weight is 823 g/mol. The minimum Gasteiger partial charge on any atom is -0.508 e. The third-order valence-corrected chi connectivity index (χ3v) is 13.0. The molecule has 0 radical (unpaired) electrons. The number of para-hydroxylation sites is 1. The molecule has 5 aliphatic rings. The molecule has 1 saturated carbocycles. The number of benzene rings is 4. The van der Waals surface area contributed by atoms with Crippen LogP contribution in [0.15, 0.2) is 96.3 Å². The first-order chi connectivity index (χ1) is 27.2. The van der Waals surface area contributed by atoms with Gasteiger partial charge in [0, 0.05) is 29.3 Å². The lowest BCUT2D eigenvalue weighted by Gasteiger charge is -2.51. The number of allylic oxidation sites excluding steroid dienone is 3. The van der Waals surface area contributed by atoms with Crippen LogP contribution in [0.5, 0.6) is 11.5 Å². The number of imide groups is 2. The molecule has 3 fully saturated rings. The van der Waals surface area contributed by atoms with Crippen LogP contribution < -0.4 is 19.9 Å². The molecule has 16 heteroatoms. The van der Waals surface area contributed by atoms with E-state index in [-0.39, 0.29) is 40.3 Å². The highest BCUT2D eigenvalue weighted by atomic mass is 35.5. The Hall–Kier alpha value is -5.73. The Morgan fingerprint density at radius 3 is 2.09 bits per heavy atom. The van der Waals surface area contributed by atoms with Crippen LogP contribution in [0.2, 0.25) is 0 Å². The van der Waals surface area contributed by atoms with E-state index < -0.39 is 98.2 Å². The van der Waals surface area contributed by atoms with E-state index >= 15 is 8.78 Å². The lowest BCUT2D eigenvalue weighted by Crippen LogP contribution is -2.61. The maximum atomic E-state index is 15.4. The highest BCUT2D eigenvalue weighted by Gasteiger charge is 2.77. The SMILES string of the molecule is O=C1C2CC=C3C(CC4(Cl)C(=O)N(c5c(F)c(F)c(F)c(F)c5F)C(=O)C4(Cl)C3C3=COc4ccc(O)cc4C3)C2C(=O)N1c1ccc(Nc2ccccc2)cc1. The number of aromatic hydroxyl groups is 1. The Morgan fingerprint density at radius 1 is 0.754 bits per heavy atom. The molecule has 0 aromatic heterocycles. The zero-order valence-corrected chi connectivity index (χ0v) is 30.6. The summed E-state index contributed by atoms with van der Waals surface area (Å²) < 4.78 is 79.9. The molecule has 6 atom stereocenters. The number of carbonyl (C=O) groups is 4. The van der Waals surface area contributed by atoms with E-state index in [1.54, 1.807) is 30.3 Å². The number of fused-ring (bicyclic) bond motifs is 5. The van der Waals surface area contributed by atoms with Crippen LogP contribution in [0.25, 0.3) is 0 Å². The number of rotatable bonds is 5. The Morgan fingerprint density at radius 2 is 1.40 bits per heavy atom. The maximum absolute atomic E-state index is 15.4. The number of halogens is 7. The highest BCUT2D eigenvalue weighted by Crippen LogP contribution is 2.65. The van der Waals surface area contributed by atoms with Crippen LogP contribution in [0.1, 0.15) is 18.4 Å². The Labute approximate surface area is 329 Å².